The van der Waals surface area contributed by atoms with Crippen molar-refractivity contribution in [3.05, 3.63) is 59.4 Å². The third-order valence-corrected chi connectivity index (χ3v) is 5.69. The van der Waals surface area contributed by atoms with Crippen LogP contribution in [-0.2, 0) is 15.7 Å². The molecule has 12 heteroatoms. The van der Waals surface area contributed by atoms with Gasteiger partial charge in [0.2, 0.25) is 0 Å². The summed E-state index contributed by atoms with van der Waals surface area (Å²) in [5.41, 5.74) is 0.687. The summed E-state index contributed by atoms with van der Waals surface area (Å²) in [6.45, 7) is 5.57. The number of aromatic nitrogens is 4. The van der Waals surface area contributed by atoms with E-state index < -0.39 is 29.9 Å². The Balaban J connectivity index is 2.12. The highest BCUT2D eigenvalue weighted by molar-refractivity contribution is 5.76. The van der Waals surface area contributed by atoms with Crippen molar-refractivity contribution in [3.63, 3.8) is 0 Å². The second kappa shape index (κ2) is 12.9. The maximum absolute atomic E-state index is 13.6. The third-order valence-electron chi connectivity index (χ3n) is 5.69. The molecule has 2 unspecified atom stereocenters. The van der Waals surface area contributed by atoms with Gasteiger partial charge in [0, 0.05) is 29.8 Å². The van der Waals surface area contributed by atoms with Gasteiger partial charge in [-0.3, -0.25) is 4.79 Å². The minimum absolute atomic E-state index is 0.0483. The average Bonchev–Trinajstić information content (AvgIpc) is 3.27. The number of hydrogen-bond acceptors (Lipinski definition) is 8. The number of alkyl halides is 3. The number of benzene rings is 1. The van der Waals surface area contributed by atoms with Crippen LogP contribution in [0, 0.1) is 0 Å². The molecule has 2 atom stereocenters. The zero-order chi connectivity index (χ0) is 28.7. The van der Waals surface area contributed by atoms with E-state index in [1.807, 2.05) is 13.8 Å². The number of halogens is 3. The van der Waals surface area contributed by atoms with E-state index in [1.165, 1.54) is 36.2 Å². The maximum atomic E-state index is 13.6. The van der Waals surface area contributed by atoms with Crippen molar-refractivity contribution in [3.8, 4) is 23.1 Å². The number of nitrogens with zero attached hydrogens (tertiary/aromatic N) is 4. The van der Waals surface area contributed by atoms with Gasteiger partial charge in [0.1, 0.15) is 0 Å². The molecule has 0 amide bonds. The number of aliphatic hydroxyl groups is 2. The topological polar surface area (TPSA) is 120 Å². The molecular weight excluding hydrogens is 517 g/mol. The van der Waals surface area contributed by atoms with Crippen LogP contribution in [0.25, 0.3) is 23.2 Å². The zero-order valence-electron chi connectivity index (χ0n) is 22.0. The molecule has 0 saturated carbocycles. The number of methoxy groups -OCH3 is 1. The van der Waals surface area contributed by atoms with Crippen LogP contribution in [0.2, 0.25) is 0 Å². The summed E-state index contributed by atoms with van der Waals surface area (Å²) in [5.74, 6) is -0.483. The Kier molecular flexibility index (Phi) is 9.81. The SMILES string of the molecule is CCOC(=O)CC(O)CC(O)/C=C/c1c(C(C)C)nn(-c2ccnc(OC)n2)c1-c1cccc(C(F)(F)F)c1. The van der Waals surface area contributed by atoms with Gasteiger partial charge in [0.05, 0.1) is 49.3 Å². The molecule has 0 saturated heterocycles. The Bertz CT molecular complexity index is 1310. The molecule has 2 heterocycles. The predicted molar refractivity (Wildman–Crippen MR) is 137 cm³/mol. The largest absolute Gasteiger partial charge is 0.467 e. The molecule has 0 fully saturated rings. The van der Waals surface area contributed by atoms with E-state index in [-0.39, 0.29) is 42.8 Å². The van der Waals surface area contributed by atoms with E-state index in [2.05, 4.69) is 15.1 Å². The van der Waals surface area contributed by atoms with Crippen LogP contribution in [0.4, 0.5) is 13.2 Å². The fourth-order valence-corrected chi connectivity index (χ4v) is 3.93. The van der Waals surface area contributed by atoms with Crippen LogP contribution in [0.3, 0.4) is 0 Å². The summed E-state index contributed by atoms with van der Waals surface area (Å²) in [7, 11) is 1.39. The first-order valence-corrected chi connectivity index (χ1v) is 12.3. The Labute approximate surface area is 223 Å². The molecule has 3 aromatic rings. The van der Waals surface area contributed by atoms with E-state index in [9.17, 15) is 28.2 Å². The lowest BCUT2D eigenvalue weighted by Gasteiger charge is -2.13. The highest BCUT2D eigenvalue weighted by atomic mass is 19.4. The lowest BCUT2D eigenvalue weighted by atomic mass is 9.97. The summed E-state index contributed by atoms with van der Waals surface area (Å²) in [6, 6.07) is 6.43. The maximum Gasteiger partial charge on any atom is 0.416 e. The minimum Gasteiger partial charge on any atom is -0.467 e. The van der Waals surface area contributed by atoms with Gasteiger partial charge in [-0.1, -0.05) is 38.1 Å². The lowest BCUT2D eigenvalue weighted by Crippen LogP contribution is -2.20. The normalized spacial score (nSPS) is 13.6. The molecule has 0 radical (unpaired) electrons. The fourth-order valence-electron chi connectivity index (χ4n) is 3.93. The zero-order valence-corrected chi connectivity index (χ0v) is 22.0. The molecule has 9 nitrogen and oxygen atoms in total. The van der Waals surface area contributed by atoms with Crippen LogP contribution < -0.4 is 4.74 Å². The molecule has 2 N–H and O–H groups in total. The highest BCUT2D eigenvalue weighted by Crippen LogP contribution is 2.37. The molecule has 210 valence electrons. The number of hydrogen-bond donors (Lipinski definition) is 2. The van der Waals surface area contributed by atoms with Crippen LogP contribution in [0.5, 0.6) is 6.01 Å². The van der Waals surface area contributed by atoms with E-state index >= 15 is 0 Å². The van der Waals surface area contributed by atoms with Crippen molar-refractivity contribution < 1.29 is 37.7 Å². The van der Waals surface area contributed by atoms with Crippen LogP contribution in [-0.4, -0.2) is 61.9 Å². The Hall–Kier alpha value is -3.77. The molecule has 2 aromatic heterocycles. The monoisotopic (exact) mass is 548 g/mol. The second-order valence-corrected chi connectivity index (χ2v) is 9.02. The number of carbonyl (C=O) groups is 1. The quantitative estimate of drug-likeness (QED) is 0.335. The van der Waals surface area contributed by atoms with Gasteiger partial charge < -0.3 is 19.7 Å². The van der Waals surface area contributed by atoms with E-state index in [4.69, 9.17) is 9.47 Å². The molecule has 0 aliphatic heterocycles. The van der Waals surface area contributed by atoms with E-state index in [0.717, 1.165) is 12.1 Å². The predicted octanol–water partition coefficient (Wildman–Crippen LogP) is 4.56. The fraction of sp³-hybridized carbons (Fsp3) is 0.407. The minimum atomic E-state index is -4.57. The standard InChI is InChI=1S/C27H31F3N4O5/c1-5-39-23(37)15-20(36)14-19(35)9-10-21-24(16(2)3)33-34(22-11-12-31-26(32-22)38-4)25(21)17-7-6-8-18(13-17)27(28,29)30/h6-13,16,19-20,35-36H,5,14-15H2,1-4H3/b10-9+. The summed E-state index contributed by atoms with van der Waals surface area (Å²) >= 11 is 0. The van der Waals surface area contributed by atoms with Gasteiger partial charge in [-0.2, -0.15) is 23.3 Å². The van der Waals surface area contributed by atoms with Crippen LogP contribution in [0.15, 0.2) is 42.6 Å². The number of aliphatic hydroxyl groups excluding tert-OH is 2. The molecule has 0 aliphatic carbocycles. The van der Waals surface area contributed by atoms with Gasteiger partial charge in [0.25, 0.3) is 0 Å². The first kappa shape index (κ1) is 29.8. The Morgan fingerprint density at radius 3 is 2.59 bits per heavy atom. The summed E-state index contributed by atoms with van der Waals surface area (Å²) in [5, 5.41) is 25.4. The van der Waals surface area contributed by atoms with E-state index in [1.54, 1.807) is 19.1 Å². The van der Waals surface area contributed by atoms with Gasteiger partial charge in [0.15, 0.2) is 5.82 Å². The van der Waals surface area contributed by atoms with E-state index in [0.29, 0.717) is 17.0 Å². The molecule has 1 aromatic carbocycles. The summed E-state index contributed by atoms with van der Waals surface area (Å²) in [6.07, 6.45) is -2.91. The van der Waals surface area contributed by atoms with Crippen molar-refractivity contribution in [1.29, 1.82) is 0 Å². The second-order valence-electron chi connectivity index (χ2n) is 9.02. The molecule has 3 rings (SSSR count). The molecule has 0 spiro atoms. The molecule has 0 bridgehead atoms. The molecule has 0 aliphatic rings. The van der Waals surface area contributed by atoms with Crippen molar-refractivity contribution >= 4 is 12.0 Å². The lowest BCUT2D eigenvalue weighted by molar-refractivity contribution is -0.145. The van der Waals surface area contributed by atoms with Gasteiger partial charge in [-0.05, 0) is 25.0 Å². The number of ether oxygens (including phenoxy) is 2. The van der Waals surface area contributed by atoms with Crippen molar-refractivity contribution in [2.75, 3.05) is 13.7 Å². The van der Waals surface area contributed by atoms with Crippen molar-refractivity contribution in [2.24, 2.45) is 0 Å². The third kappa shape index (κ3) is 7.64. The summed E-state index contributed by atoms with van der Waals surface area (Å²) < 4.78 is 52.1. The first-order valence-electron chi connectivity index (χ1n) is 12.3. The molecular formula is C27H31F3N4O5. The van der Waals surface area contributed by atoms with Crippen molar-refractivity contribution in [1.82, 2.24) is 19.7 Å². The Morgan fingerprint density at radius 2 is 1.95 bits per heavy atom. The van der Waals surface area contributed by atoms with Crippen LogP contribution in [0.1, 0.15) is 56.4 Å². The first-order chi connectivity index (χ1) is 18.4. The highest BCUT2D eigenvalue weighted by Gasteiger charge is 2.31. The summed E-state index contributed by atoms with van der Waals surface area (Å²) in [4.78, 5) is 19.9. The Morgan fingerprint density at radius 1 is 1.21 bits per heavy atom. The van der Waals surface area contributed by atoms with Crippen molar-refractivity contribution in [2.45, 2.75) is 57.9 Å². The number of rotatable bonds is 11. The van der Waals surface area contributed by atoms with Gasteiger partial charge in [-0.15, -0.1) is 0 Å². The number of esters is 1. The van der Waals surface area contributed by atoms with Gasteiger partial charge in [-0.25, -0.2) is 9.67 Å². The average molecular weight is 549 g/mol. The smallest absolute Gasteiger partial charge is 0.416 e. The number of carbonyl (C=O) groups excluding carboxylic acids is 1. The van der Waals surface area contributed by atoms with Crippen LogP contribution >= 0.6 is 0 Å². The molecule has 39 heavy (non-hydrogen) atoms. The van der Waals surface area contributed by atoms with Gasteiger partial charge >= 0.3 is 18.2 Å².